The van der Waals surface area contributed by atoms with Crippen molar-refractivity contribution >= 4 is 31.4 Å². The van der Waals surface area contributed by atoms with Gasteiger partial charge in [-0.2, -0.15) is 0 Å². The van der Waals surface area contributed by atoms with Crippen LogP contribution in [-0.2, 0) is 27.0 Å². The Kier molecular flexibility index (Phi) is 15.8. The molecular formula is C35H47N4O8P. The molecule has 260 valence electrons. The first kappa shape index (κ1) is 39.5. The highest BCUT2D eigenvalue weighted by atomic mass is 31.2. The van der Waals surface area contributed by atoms with E-state index in [-0.39, 0.29) is 12.8 Å². The number of carboxylic acid groups (broad SMARTS) is 2. The van der Waals surface area contributed by atoms with Gasteiger partial charge in [-0.15, -0.1) is 0 Å². The van der Waals surface area contributed by atoms with Crippen LogP contribution in [0.5, 0.6) is 0 Å². The standard InChI is InChI=1S/C28H39N4O8P.C7H8/c1-17(2)23(31-27(35)36)25(33)29-21(15-19-11-7-5-8-12-19)41(39,40)22(16-20-13-9-6-10-14-20)30-26(34)24(18(3)4)32-28(37)38;1-7-5-3-2-4-6-7/h5-14,17-18,21-24,31-32H,15-16H2,1-4H3,(H,29,33)(H,30,34)(H,35,36)(H,37,38)(H,39,40);2-6H,1H3. The molecule has 0 aliphatic rings. The lowest BCUT2D eigenvalue weighted by Gasteiger charge is -2.34. The van der Waals surface area contributed by atoms with E-state index in [4.69, 9.17) is 0 Å². The zero-order valence-electron chi connectivity index (χ0n) is 27.9. The van der Waals surface area contributed by atoms with E-state index >= 15 is 0 Å². The van der Waals surface area contributed by atoms with Gasteiger partial charge in [-0.25, -0.2) is 9.59 Å². The summed E-state index contributed by atoms with van der Waals surface area (Å²) in [5.74, 6) is -5.39. The third-order valence-electron chi connectivity index (χ3n) is 7.45. The Morgan fingerprint density at radius 2 is 0.896 bits per heavy atom. The molecule has 0 fully saturated rings. The molecule has 3 rings (SSSR count). The van der Waals surface area contributed by atoms with Crippen molar-refractivity contribution in [3.05, 3.63) is 108 Å². The maximum Gasteiger partial charge on any atom is 0.405 e. The van der Waals surface area contributed by atoms with E-state index in [9.17, 15) is 38.8 Å². The van der Waals surface area contributed by atoms with Crippen LogP contribution in [0.1, 0.15) is 44.4 Å². The third kappa shape index (κ3) is 13.2. The Balaban J connectivity index is 0.00000101. The van der Waals surface area contributed by atoms with Crippen molar-refractivity contribution in [1.82, 2.24) is 21.3 Å². The zero-order chi connectivity index (χ0) is 35.9. The largest absolute Gasteiger partial charge is 0.465 e. The molecule has 0 spiro atoms. The van der Waals surface area contributed by atoms with Crippen molar-refractivity contribution in [1.29, 1.82) is 0 Å². The molecule has 0 aromatic heterocycles. The average Bonchev–Trinajstić information content (AvgIpc) is 3.03. The van der Waals surface area contributed by atoms with Gasteiger partial charge in [0.1, 0.15) is 23.6 Å². The van der Waals surface area contributed by atoms with Crippen LogP contribution in [0.25, 0.3) is 0 Å². The van der Waals surface area contributed by atoms with Crippen LogP contribution in [0.4, 0.5) is 9.59 Å². The fourth-order valence-corrected chi connectivity index (χ4v) is 6.82. The lowest BCUT2D eigenvalue weighted by atomic mass is 10.0. The van der Waals surface area contributed by atoms with E-state index in [1.165, 1.54) is 5.56 Å². The summed E-state index contributed by atoms with van der Waals surface area (Å²) in [4.78, 5) is 60.9. The molecule has 0 saturated carbocycles. The van der Waals surface area contributed by atoms with Crippen LogP contribution in [-0.4, -0.2) is 62.8 Å². The minimum Gasteiger partial charge on any atom is -0.465 e. The van der Waals surface area contributed by atoms with Gasteiger partial charge >= 0.3 is 12.2 Å². The molecular weight excluding hydrogens is 635 g/mol. The fraction of sp³-hybridized carbons (Fsp3) is 0.371. The first-order chi connectivity index (χ1) is 22.6. The second kappa shape index (κ2) is 19.2. The topological polar surface area (TPSA) is 194 Å². The molecule has 0 bridgehead atoms. The third-order valence-corrected chi connectivity index (χ3v) is 9.86. The smallest absolute Gasteiger partial charge is 0.405 e. The van der Waals surface area contributed by atoms with E-state index in [0.717, 1.165) is 0 Å². The number of hydrogen-bond acceptors (Lipinski definition) is 5. The molecule has 0 radical (unpaired) electrons. The SMILES string of the molecule is CC(C)C(NC(=O)O)C(=O)NC(Cc1ccccc1)P(=O)(O)C(Cc1ccccc1)NC(=O)C(NC(=O)O)C(C)C.Cc1ccccc1. The van der Waals surface area contributed by atoms with Gasteiger partial charge in [0.25, 0.3) is 0 Å². The van der Waals surface area contributed by atoms with E-state index in [1.54, 1.807) is 88.4 Å². The van der Waals surface area contributed by atoms with E-state index in [1.807, 2.05) is 18.2 Å². The van der Waals surface area contributed by atoms with Crippen molar-refractivity contribution in [3.63, 3.8) is 0 Å². The van der Waals surface area contributed by atoms with Crippen molar-refractivity contribution in [2.45, 2.75) is 71.1 Å². The summed E-state index contributed by atoms with van der Waals surface area (Å²) in [7, 11) is -4.57. The lowest BCUT2D eigenvalue weighted by Crippen LogP contribution is -2.55. The zero-order valence-corrected chi connectivity index (χ0v) is 28.8. The summed E-state index contributed by atoms with van der Waals surface area (Å²) in [6.07, 6.45) is -3.04. The van der Waals surface area contributed by atoms with Crippen molar-refractivity contribution in [2.24, 2.45) is 11.8 Å². The fourth-order valence-electron chi connectivity index (χ4n) is 4.82. The van der Waals surface area contributed by atoms with Crippen LogP contribution in [0.3, 0.4) is 0 Å². The molecule has 4 amide bonds. The monoisotopic (exact) mass is 682 g/mol. The first-order valence-corrected chi connectivity index (χ1v) is 17.4. The normalized spacial score (nSPS) is 14.6. The number of amides is 4. The average molecular weight is 683 g/mol. The van der Waals surface area contributed by atoms with Gasteiger partial charge in [-0.05, 0) is 29.9 Å². The Hall–Kier alpha value is -4.67. The molecule has 13 heteroatoms. The van der Waals surface area contributed by atoms with Gasteiger partial charge in [-0.1, -0.05) is 124 Å². The van der Waals surface area contributed by atoms with Crippen LogP contribution in [0.15, 0.2) is 91.0 Å². The molecule has 0 aliphatic carbocycles. The number of carbonyl (C=O) groups is 4. The van der Waals surface area contributed by atoms with Crippen molar-refractivity contribution < 1.29 is 38.8 Å². The highest BCUT2D eigenvalue weighted by molar-refractivity contribution is 7.59. The maximum absolute atomic E-state index is 14.4. The molecule has 0 aliphatic heterocycles. The second-order valence-corrected chi connectivity index (χ2v) is 14.7. The summed E-state index contributed by atoms with van der Waals surface area (Å²) >= 11 is 0. The van der Waals surface area contributed by atoms with Crippen LogP contribution in [0, 0.1) is 18.8 Å². The first-order valence-electron chi connectivity index (χ1n) is 15.6. The number of benzene rings is 3. The van der Waals surface area contributed by atoms with Gasteiger partial charge in [0.15, 0.2) is 0 Å². The summed E-state index contributed by atoms with van der Waals surface area (Å²) in [6, 6.07) is 25.1. The van der Waals surface area contributed by atoms with Gasteiger partial charge < -0.3 is 36.4 Å². The molecule has 3 aromatic rings. The lowest BCUT2D eigenvalue weighted by molar-refractivity contribution is -0.124. The second-order valence-electron chi connectivity index (χ2n) is 12.1. The minimum absolute atomic E-state index is 0.0968. The number of hydrogen-bond donors (Lipinski definition) is 7. The molecule has 48 heavy (non-hydrogen) atoms. The van der Waals surface area contributed by atoms with Crippen LogP contribution < -0.4 is 21.3 Å². The number of nitrogens with one attached hydrogen (secondary N) is 4. The van der Waals surface area contributed by atoms with Crippen molar-refractivity contribution in [2.75, 3.05) is 0 Å². The molecule has 0 heterocycles. The quantitative estimate of drug-likeness (QED) is 0.113. The van der Waals surface area contributed by atoms with E-state index < -0.39 is 66.9 Å². The number of rotatable bonds is 14. The Labute approximate surface area is 281 Å². The molecule has 4 unspecified atom stereocenters. The summed E-state index contributed by atoms with van der Waals surface area (Å²) in [5.41, 5.74) is 2.57. The molecule has 7 N–H and O–H groups in total. The Bertz CT molecular complexity index is 1420. The summed E-state index contributed by atoms with van der Waals surface area (Å²) in [5, 5.41) is 27.9. The van der Waals surface area contributed by atoms with E-state index in [2.05, 4.69) is 40.3 Å². The number of carbonyl (C=O) groups excluding carboxylic acids is 2. The van der Waals surface area contributed by atoms with E-state index in [0.29, 0.717) is 11.1 Å². The van der Waals surface area contributed by atoms with Gasteiger partial charge in [0.05, 0.1) is 0 Å². The van der Waals surface area contributed by atoms with Gasteiger partial charge in [0.2, 0.25) is 19.2 Å². The Morgan fingerprint density at radius 3 is 1.15 bits per heavy atom. The highest BCUT2D eigenvalue weighted by Gasteiger charge is 2.43. The predicted molar refractivity (Wildman–Crippen MR) is 185 cm³/mol. The van der Waals surface area contributed by atoms with Gasteiger partial charge in [0, 0.05) is 12.8 Å². The van der Waals surface area contributed by atoms with Crippen LogP contribution in [0.2, 0.25) is 0 Å². The van der Waals surface area contributed by atoms with Gasteiger partial charge in [-0.3, -0.25) is 14.2 Å². The van der Waals surface area contributed by atoms with Crippen LogP contribution >= 0.6 is 7.37 Å². The summed E-state index contributed by atoms with van der Waals surface area (Å²) in [6.45, 7) is 8.60. The summed E-state index contributed by atoms with van der Waals surface area (Å²) < 4.78 is 14.4. The van der Waals surface area contributed by atoms with Crippen molar-refractivity contribution in [3.8, 4) is 0 Å². The minimum atomic E-state index is -4.57. The molecule has 0 saturated heterocycles. The molecule has 12 nitrogen and oxygen atoms in total. The molecule has 3 aromatic carbocycles. The highest BCUT2D eigenvalue weighted by Crippen LogP contribution is 2.51. The Morgan fingerprint density at radius 1 is 0.583 bits per heavy atom. The maximum atomic E-state index is 14.4. The molecule has 4 atom stereocenters. The number of aryl methyl sites for hydroxylation is 1. The predicted octanol–water partition coefficient (Wildman–Crippen LogP) is 5.21.